The van der Waals surface area contributed by atoms with Crippen molar-refractivity contribution in [2.75, 3.05) is 18.4 Å². The van der Waals surface area contributed by atoms with Crippen LogP contribution in [0.2, 0.25) is 5.02 Å². The van der Waals surface area contributed by atoms with Gasteiger partial charge >= 0.3 is 0 Å². The number of aromatic nitrogens is 2. The van der Waals surface area contributed by atoms with Crippen LogP contribution in [0.3, 0.4) is 0 Å². The Morgan fingerprint density at radius 1 is 0.966 bits per heavy atom. The van der Waals surface area contributed by atoms with E-state index < -0.39 is 0 Å². The van der Waals surface area contributed by atoms with E-state index in [1.54, 1.807) is 0 Å². The van der Waals surface area contributed by atoms with E-state index in [9.17, 15) is 0 Å². The van der Waals surface area contributed by atoms with Crippen LogP contribution in [-0.2, 0) is 0 Å². The van der Waals surface area contributed by atoms with Crippen LogP contribution >= 0.6 is 11.6 Å². The molecule has 6 nitrogen and oxygen atoms in total. The number of hydrogen-bond acceptors (Lipinski definition) is 4. The fourth-order valence-corrected chi connectivity index (χ4v) is 3.00. The lowest BCUT2D eigenvalue weighted by molar-refractivity contribution is 0.706. The first-order valence-corrected chi connectivity index (χ1v) is 9.99. The first-order valence-electron chi connectivity index (χ1n) is 9.61. The van der Waals surface area contributed by atoms with Gasteiger partial charge in [0.05, 0.1) is 5.52 Å². The summed E-state index contributed by atoms with van der Waals surface area (Å²) in [7, 11) is 0. The molecule has 0 aliphatic heterocycles. The van der Waals surface area contributed by atoms with E-state index in [2.05, 4.69) is 15.3 Å². The normalized spacial score (nSPS) is 11.1. The summed E-state index contributed by atoms with van der Waals surface area (Å²) in [5, 5.41) is 5.17. The monoisotopic (exact) mass is 408 g/mol. The van der Waals surface area contributed by atoms with Gasteiger partial charge in [-0.25, -0.2) is 9.97 Å². The quantitative estimate of drug-likeness (QED) is 0.278. The molecule has 1 heterocycles. The van der Waals surface area contributed by atoms with Crippen LogP contribution in [-0.4, -0.2) is 29.0 Å². The maximum Gasteiger partial charge on any atom is 0.185 e. The second-order valence-corrected chi connectivity index (χ2v) is 7.06. The molecule has 150 valence electrons. The van der Waals surface area contributed by atoms with Gasteiger partial charge in [-0.3, -0.25) is 4.99 Å². The van der Waals surface area contributed by atoms with Gasteiger partial charge in [0.2, 0.25) is 0 Å². The van der Waals surface area contributed by atoms with E-state index in [1.807, 2.05) is 60.7 Å². The summed E-state index contributed by atoms with van der Waals surface area (Å²) in [5.41, 5.74) is 12.6. The molecule has 0 fully saturated rings. The molecule has 1 aromatic heterocycles. The van der Waals surface area contributed by atoms with Crippen LogP contribution < -0.4 is 16.8 Å². The van der Waals surface area contributed by atoms with E-state index in [-0.39, 0.29) is 5.96 Å². The number of nitrogens with one attached hydrogen (secondary N) is 1. The smallest absolute Gasteiger partial charge is 0.185 e. The summed E-state index contributed by atoms with van der Waals surface area (Å²) >= 11 is 5.94. The molecular formula is C22H25ClN6. The van der Waals surface area contributed by atoms with Gasteiger partial charge in [0.15, 0.2) is 11.8 Å². The highest BCUT2D eigenvalue weighted by Crippen LogP contribution is 2.21. The standard InChI is InChI=1S/C22H25ClN6/c23-17-11-8-16(9-12-17)10-13-20-28-19-7-3-2-6-18(19)21(29-20)26-14-4-1-5-15-27-22(24)25/h2-3,6-13H,1,4-5,14-15H2,(H4,24,25,27)(H,26,28,29). The summed E-state index contributed by atoms with van der Waals surface area (Å²) < 4.78 is 0. The zero-order valence-corrected chi connectivity index (χ0v) is 16.9. The van der Waals surface area contributed by atoms with Crippen molar-refractivity contribution in [2.45, 2.75) is 19.3 Å². The Morgan fingerprint density at radius 2 is 1.76 bits per heavy atom. The minimum Gasteiger partial charge on any atom is -0.370 e. The molecule has 0 amide bonds. The molecule has 0 radical (unpaired) electrons. The van der Waals surface area contributed by atoms with E-state index in [1.165, 1.54) is 0 Å². The average molecular weight is 409 g/mol. The van der Waals surface area contributed by atoms with Crippen LogP contribution in [0.1, 0.15) is 30.7 Å². The number of aliphatic imine (C=N–C) groups is 1. The van der Waals surface area contributed by atoms with Crippen molar-refractivity contribution in [3.8, 4) is 0 Å². The molecule has 7 heteroatoms. The van der Waals surface area contributed by atoms with Gasteiger partial charge in [-0.1, -0.05) is 41.9 Å². The molecule has 0 atom stereocenters. The van der Waals surface area contributed by atoms with Crippen LogP contribution in [0.25, 0.3) is 23.1 Å². The van der Waals surface area contributed by atoms with Crippen molar-refractivity contribution < 1.29 is 0 Å². The fourth-order valence-electron chi connectivity index (χ4n) is 2.88. The average Bonchev–Trinajstić information content (AvgIpc) is 2.72. The van der Waals surface area contributed by atoms with Crippen LogP contribution in [0.5, 0.6) is 0 Å². The second kappa shape index (κ2) is 10.4. The van der Waals surface area contributed by atoms with Crippen molar-refractivity contribution in [2.24, 2.45) is 16.5 Å². The van der Waals surface area contributed by atoms with Crippen molar-refractivity contribution in [3.63, 3.8) is 0 Å². The van der Waals surface area contributed by atoms with Crippen LogP contribution in [0.15, 0.2) is 53.5 Å². The second-order valence-electron chi connectivity index (χ2n) is 6.63. The topological polar surface area (TPSA) is 102 Å². The summed E-state index contributed by atoms with van der Waals surface area (Å²) in [5.74, 6) is 1.65. The van der Waals surface area contributed by atoms with Crippen molar-refractivity contribution in [1.82, 2.24) is 9.97 Å². The maximum absolute atomic E-state index is 5.94. The van der Waals surface area contributed by atoms with Gasteiger partial charge in [-0.2, -0.15) is 0 Å². The molecule has 0 bridgehead atoms. The molecule has 2 aromatic carbocycles. The molecule has 0 saturated carbocycles. The first-order chi connectivity index (χ1) is 14.1. The third-order valence-electron chi connectivity index (χ3n) is 4.34. The number of para-hydroxylation sites is 1. The molecule has 3 aromatic rings. The summed E-state index contributed by atoms with van der Waals surface area (Å²) in [6, 6.07) is 15.7. The van der Waals surface area contributed by atoms with Gasteiger partial charge in [0.25, 0.3) is 0 Å². The zero-order chi connectivity index (χ0) is 20.5. The summed E-state index contributed by atoms with van der Waals surface area (Å²) in [6.45, 7) is 1.49. The predicted octanol–water partition coefficient (Wildman–Crippen LogP) is 4.31. The molecule has 0 unspecified atom stereocenters. The highest BCUT2D eigenvalue weighted by Gasteiger charge is 2.05. The van der Waals surface area contributed by atoms with E-state index in [0.29, 0.717) is 17.4 Å². The zero-order valence-electron chi connectivity index (χ0n) is 16.2. The van der Waals surface area contributed by atoms with Crippen molar-refractivity contribution in [3.05, 3.63) is 64.9 Å². The Morgan fingerprint density at radius 3 is 2.55 bits per heavy atom. The van der Waals surface area contributed by atoms with Crippen LogP contribution in [0.4, 0.5) is 5.82 Å². The van der Waals surface area contributed by atoms with Gasteiger partial charge in [-0.15, -0.1) is 0 Å². The summed E-state index contributed by atoms with van der Waals surface area (Å²) in [4.78, 5) is 13.4. The number of anilines is 1. The maximum atomic E-state index is 5.94. The molecule has 0 saturated heterocycles. The van der Waals surface area contributed by atoms with Gasteiger partial charge in [-0.05, 0) is 55.2 Å². The van der Waals surface area contributed by atoms with E-state index in [4.69, 9.17) is 28.1 Å². The number of halogens is 1. The first kappa shape index (κ1) is 20.6. The molecule has 5 N–H and O–H groups in total. The number of guanidine groups is 1. The van der Waals surface area contributed by atoms with Crippen LogP contribution in [0, 0.1) is 0 Å². The number of benzene rings is 2. The number of unbranched alkanes of at least 4 members (excludes halogenated alkanes) is 2. The lowest BCUT2D eigenvalue weighted by atomic mass is 10.2. The fraction of sp³-hybridized carbons (Fsp3) is 0.227. The number of fused-ring (bicyclic) bond motifs is 1. The Labute approximate surface area is 175 Å². The van der Waals surface area contributed by atoms with Crippen molar-refractivity contribution in [1.29, 1.82) is 0 Å². The molecule has 0 aliphatic carbocycles. The number of nitrogens with zero attached hydrogens (tertiary/aromatic N) is 3. The highest BCUT2D eigenvalue weighted by atomic mass is 35.5. The number of hydrogen-bond donors (Lipinski definition) is 3. The molecular weight excluding hydrogens is 384 g/mol. The Kier molecular flexibility index (Phi) is 7.41. The lowest BCUT2D eigenvalue weighted by Gasteiger charge is -2.09. The molecule has 0 aliphatic rings. The van der Waals surface area contributed by atoms with E-state index in [0.717, 1.165) is 48.1 Å². The molecule has 29 heavy (non-hydrogen) atoms. The van der Waals surface area contributed by atoms with E-state index >= 15 is 0 Å². The SMILES string of the molecule is NC(N)=NCCCCCNc1nc(C=Cc2ccc(Cl)cc2)nc2ccccc12. The minimum absolute atomic E-state index is 0.148. The number of nitrogens with two attached hydrogens (primary N) is 2. The Hall–Kier alpha value is -3.12. The minimum atomic E-state index is 0.148. The van der Waals surface area contributed by atoms with Crippen molar-refractivity contribution >= 4 is 46.4 Å². The number of rotatable bonds is 9. The lowest BCUT2D eigenvalue weighted by Crippen LogP contribution is -2.22. The van der Waals surface area contributed by atoms with Gasteiger partial charge in [0, 0.05) is 23.5 Å². The Balaban J connectivity index is 1.67. The molecule has 3 rings (SSSR count). The molecule has 0 spiro atoms. The largest absolute Gasteiger partial charge is 0.370 e. The third-order valence-corrected chi connectivity index (χ3v) is 4.59. The predicted molar refractivity (Wildman–Crippen MR) is 123 cm³/mol. The summed E-state index contributed by atoms with van der Waals surface area (Å²) in [6.07, 6.45) is 6.90. The highest BCUT2D eigenvalue weighted by molar-refractivity contribution is 6.30. The van der Waals surface area contributed by atoms with Gasteiger partial charge in [0.1, 0.15) is 5.82 Å². The third kappa shape index (κ3) is 6.47. The Bertz CT molecular complexity index is 994. The van der Waals surface area contributed by atoms with Gasteiger partial charge < -0.3 is 16.8 Å².